The standard InChI is InChI=1S/C15H22N4O4S.ClH/c1-10(11(2)16)15(21)18-12-4-3-5-13(8-12)24(22,23)19-7-6-17-14(20)9-19;/h3-5,8,10-11H,6-7,9,16H2,1-2H3,(H,17,20)(H,18,21);1H. The predicted molar refractivity (Wildman–Crippen MR) is 96.9 cm³/mol. The van der Waals surface area contributed by atoms with Crippen molar-refractivity contribution >= 4 is 39.9 Å². The van der Waals surface area contributed by atoms with Crippen molar-refractivity contribution in [2.45, 2.75) is 24.8 Å². The maximum atomic E-state index is 12.6. The third-order valence-electron chi connectivity index (χ3n) is 3.94. The van der Waals surface area contributed by atoms with Crippen LogP contribution >= 0.6 is 12.4 Å². The van der Waals surface area contributed by atoms with Crippen molar-refractivity contribution in [3.8, 4) is 0 Å². The second-order valence-corrected chi connectivity index (χ2v) is 7.79. The van der Waals surface area contributed by atoms with E-state index >= 15 is 0 Å². The number of carbonyl (C=O) groups excluding carboxylic acids is 2. The number of hydrogen-bond acceptors (Lipinski definition) is 5. The van der Waals surface area contributed by atoms with Gasteiger partial charge in [0.05, 0.1) is 17.4 Å². The van der Waals surface area contributed by atoms with Crippen molar-refractivity contribution in [2.75, 3.05) is 25.0 Å². The van der Waals surface area contributed by atoms with Gasteiger partial charge in [-0.25, -0.2) is 8.42 Å². The van der Waals surface area contributed by atoms with E-state index in [1.807, 2.05) is 0 Å². The number of hydrogen-bond donors (Lipinski definition) is 3. The molecule has 0 saturated carbocycles. The van der Waals surface area contributed by atoms with E-state index < -0.39 is 15.9 Å². The van der Waals surface area contributed by atoms with Gasteiger partial charge in [0.1, 0.15) is 0 Å². The van der Waals surface area contributed by atoms with Gasteiger partial charge in [-0.3, -0.25) is 9.59 Å². The van der Waals surface area contributed by atoms with Crippen LogP contribution in [0.25, 0.3) is 0 Å². The first-order chi connectivity index (χ1) is 11.2. The highest BCUT2D eigenvalue weighted by Crippen LogP contribution is 2.20. The van der Waals surface area contributed by atoms with E-state index in [2.05, 4.69) is 10.6 Å². The van der Waals surface area contributed by atoms with Crippen LogP contribution in [-0.4, -0.2) is 50.2 Å². The van der Waals surface area contributed by atoms with Gasteiger partial charge >= 0.3 is 0 Å². The molecule has 1 fully saturated rings. The Morgan fingerprint density at radius 1 is 1.36 bits per heavy atom. The molecular weight excluding hydrogens is 368 g/mol. The summed E-state index contributed by atoms with van der Waals surface area (Å²) in [5.41, 5.74) is 6.07. The van der Waals surface area contributed by atoms with Crippen molar-refractivity contribution in [3.05, 3.63) is 24.3 Å². The number of amides is 2. The molecule has 0 aromatic heterocycles. The lowest BCUT2D eigenvalue weighted by Crippen LogP contribution is -2.49. The zero-order chi connectivity index (χ0) is 17.9. The molecule has 1 aliphatic rings. The second kappa shape index (κ2) is 8.61. The SMILES string of the molecule is CC(N)C(C)C(=O)Nc1cccc(S(=O)(=O)N2CCNC(=O)C2)c1.Cl. The van der Waals surface area contributed by atoms with Crippen molar-refractivity contribution in [1.29, 1.82) is 0 Å². The number of benzene rings is 1. The smallest absolute Gasteiger partial charge is 0.243 e. The van der Waals surface area contributed by atoms with Crippen molar-refractivity contribution in [2.24, 2.45) is 11.7 Å². The molecule has 0 spiro atoms. The Hall–Kier alpha value is -1.68. The van der Waals surface area contributed by atoms with Crippen molar-refractivity contribution in [1.82, 2.24) is 9.62 Å². The Kier molecular flexibility index (Phi) is 7.36. The maximum Gasteiger partial charge on any atom is 0.243 e. The van der Waals surface area contributed by atoms with Crippen LogP contribution in [0.3, 0.4) is 0 Å². The molecule has 1 saturated heterocycles. The molecule has 2 amide bonds. The summed E-state index contributed by atoms with van der Waals surface area (Å²) in [6.07, 6.45) is 0. The van der Waals surface area contributed by atoms with Gasteiger partial charge in [-0.1, -0.05) is 13.0 Å². The summed E-state index contributed by atoms with van der Waals surface area (Å²) < 4.78 is 26.4. The van der Waals surface area contributed by atoms with Gasteiger partial charge in [0, 0.05) is 24.8 Å². The van der Waals surface area contributed by atoms with Gasteiger partial charge in [-0.15, -0.1) is 12.4 Å². The topological polar surface area (TPSA) is 122 Å². The van der Waals surface area contributed by atoms with Crippen LogP contribution in [0.2, 0.25) is 0 Å². The van der Waals surface area contributed by atoms with Gasteiger partial charge < -0.3 is 16.4 Å². The van der Waals surface area contributed by atoms with E-state index in [1.54, 1.807) is 26.0 Å². The number of rotatable bonds is 5. The van der Waals surface area contributed by atoms with Gasteiger partial charge in [-0.05, 0) is 25.1 Å². The Balaban J connectivity index is 0.00000312. The van der Waals surface area contributed by atoms with E-state index in [0.29, 0.717) is 5.69 Å². The molecule has 0 bridgehead atoms. The van der Waals surface area contributed by atoms with Gasteiger partial charge in [0.15, 0.2) is 0 Å². The summed E-state index contributed by atoms with van der Waals surface area (Å²) >= 11 is 0. The minimum Gasteiger partial charge on any atom is -0.354 e. The zero-order valence-electron chi connectivity index (χ0n) is 14.1. The minimum absolute atomic E-state index is 0. The largest absolute Gasteiger partial charge is 0.354 e. The predicted octanol–water partition coefficient (Wildman–Crippen LogP) is 0.151. The summed E-state index contributed by atoms with van der Waals surface area (Å²) in [6.45, 7) is 3.72. The Morgan fingerprint density at radius 3 is 2.64 bits per heavy atom. The molecule has 4 N–H and O–H groups in total. The molecule has 0 radical (unpaired) electrons. The molecule has 1 heterocycles. The molecule has 140 valence electrons. The Morgan fingerprint density at radius 2 is 2.04 bits per heavy atom. The molecule has 2 rings (SSSR count). The fourth-order valence-corrected chi connectivity index (χ4v) is 3.64. The molecule has 25 heavy (non-hydrogen) atoms. The molecule has 1 aliphatic heterocycles. The van der Waals surface area contributed by atoms with Gasteiger partial charge in [-0.2, -0.15) is 4.31 Å². The van der Waals surface area contributed by atoms with Crippen molar-refractivity contribution in [3.63, 3.8) is 0 Å². The van der Waals surface area contributed by atoms with Crippen LogP contribution < -0.4 is 16.4 Å². The minimum atomic E-state index is -3.79. The number of carbonyl (C=O) groups is 2. The van der Waals surface area contributed by atoms with Crippen LogP contribution in [0.5, 0.6) is 0 Å². The highest BCUT2D eigenvalue weighted by atomic mass is 35.5. The quantitative estimate of drug-likeness (QED) is 0.660. The first-order valence-electron chi connectivity index (χ1n) is 7.65. The van der Waals surface area contributed by atoms with Gasteiger partial charge in [0.2, 0.25) is 21.8 Å². The first kappa shape index (κ1) is 21.4. The maximum absolute atomic E-state index is 12.6. The van der Waals surface area contributed by atoms with Crippen LogP contribution in [0, 0.1) is 5.92 Å². The molecule has 2 unspecified atom stereocenters. The van der Waals surface area contributed by atoms with Crippen LogP contribution in [-0.2, 0) is 19.6 Å². The molecule has 1 aromatic carbocycles. The lowest BCUT2D eigenvalue weighted by Gasteiger charge is -2.26. The number of piperazine rings is 1. The van der Waals surface area contributed by atoms with E-state index in [4.69, 9.17) is 5.73 Å². The molecule has 10 heteroatoms. The molecule has 8 nitrogen and oxygen atoms in total. The molecule has 0 aliphatic carbocycles. The lowest BCUT2D eigenvalue weighted by atomic mass is 10.0. The molecular formula is C15H23ClN4O4S. The third-order valence-corrected chi connectivity index (χ3v) is 5.79. The molecule has 2 atom stereocenters. The number of nitrogens with one attached hydrogen (secondary N) is 2. The number of halogens is 1. The molecule has 1 aromatic rings. The van der Waals surface area contributed by atoms with Crippen LogP contribution in [0.4, 0.5) is 5.69 Å². The lowest BCUT2D eigenvalue weighted by molar-refractivity contribution is -0.122. The number of nitrogens with zero attached hydrogens (tertiary/aromatic N) is 1. The van der Waals surface area contributed by atoms with E-state index in [1.165, 1.54) is 12.1 Å². The number of anilines is 1. The van der Waals surface area contributed by atoms with E-state index in [-0.39, 0.29) is 54.8 Å². The summed E-state index contributed by atoms with van der Waals surface area (Å²) in [7, 11) is -3.79. The average molecular weight is 391 g/mol. The average Bonchev–Trinajstić information content (AvgIpc) is 2.54. The highest BCUT2D eigenvalue weighted by Gasteiger charge is 2.29. The van der Waals surface area contributed by atoms with E-state index in [0.717, 1.165) is 4.31 Å². The fourth-order valence-electron chi connectivity index (χ4n) is 2.20. The monoisotopic (exact) mass is 390 g/mol. The summed E-state index contributed by atoms with van der Waals surface area (Å²) in [5, 5.41) is 5.25. The summed E-state index contributed by atoms with van der Waals surface area (Å²) in [4.78, 5) is 23.5. The Bertz CT molecular complexity index is 739. The highest BCUT2D eigenvalue weighted by molar-refractivity contribution is 7.89. The zero-order valence-corrected chi connectivity index (χ0v) is 15.7. The van der Waals surface area contributed by atoms with Gasteiger partial charge in [0.25, 0.3) is 0 Å². The number of sulfonamides is 1. The normalized spacial score (nSPS) is 17.8. The van der Waals surface area contributed by atoms with Crippen LogP contribution in [0.15, 0.2) is 29.2 Å². The summed E-state index contributed by atoms with van der Waals surface area (Å²) in [5.74, 6) is -1.02. The van der Waals surface area contributed by atoms with Crippen molar-refractivity contribution < 1.29 is 18.0 Å². The fraction of sp³-hybridized carbons (Fsp3) is 0.467. The second-order valence-electron chi connectivity index (χ2n) is 5.85. The number of nitrogens with two attached hydrogens (primary N) is 1. The Labute approximate surface area is 153 Å². The van der Waals surface area contributed by atoms with Crippen LogP contribution in [0.1, 0.15) is 13.8 Å². The third kappa shape index (κ3) is 5.15. The first-order valence-corrected chi connectivity index (χ1v) is 9.09. The summed E-state index contributed by atoms with van der Waals surface area (Å²) in [6, 6.07) is 5.65. The van der Waals surface area contributed by atoms with E-state index in [9.17, 15) is 18.0 Å².